The van der Waals surface area contributed by atoms with E-state index < -0.39 is 5.66 Å². The van der Waals surface area contributed by atoms with Crippen molar-refractivity contribution in [3.05, 3.63) is 53.9 Å². The van der Waals surface area contributed by atoms with Crippen LogP contribution in [0, 0.1) is 0 Å². The van der Waals surface area contributed by atoms with Gasteiger partial charge < -0.3 is 9.30 Å². The van der Waals surface area contributed by atoms with Crippen molar-refractivity contribution in [2.24, 2.45) is 0 Å². The van der Waals surface area contributed by atoms with Crippen molar-refractivity contribution in [1.29, 1.82) is 0 Å². The SMILES string of the molecule is CCn1c(CNSc2ccc(OC(C)C)cc2)nc2ccc(C(F)(F)P)cc21. The summed E-state index contributed by atoms with van der Waals surface area (Å²) in [5, 5.41) is 0. The Balaban J connectivity index is 1.70. The van der Waals surface area contributed by atoms with Crippen molar-refractivity contribution in [2.45, 2.75) is 50.5 Å². The molecule has 0 amide bonds. The first-order chi connectivity index (χ1) is 13.3. The van der Waals surface area contributed by atoms with Crippen LogP contribution < -0.4 is 9.46 Å². The van der Waals surface area contributed by atoms with Crippen molar-refractivity contribution in [2.75, 3.05) is 0 Å². The molecule has 3 aromatic rings. The summed E-state index contributed by atoms with van der Waals surface area (Å²) in [5.41, 5.74) is -1.54. The van der Waals surface area contributed by atoms with Gasteiger partial charge in [0, 0.05) is 17.0 Å². The maximum absolute atomic E-state index is 13.6. The fourth-order valence-electron chi connectivity index (χ4n) is 2.91. The van der Waals surface area contributed by atoms with Gasteiger partial charge in [-0.05, 0) is 69.1 Å². The first kappa shape index (κ1) is 21.0. The van der Waals surface area contributed by atoms with Crippen LogP contribution in [0.1, 0.15) is 32.2 Å². The van der Waals surface area contributed by atoms with Gasteiger partial charge in [-0.1, -0.05) is 15.3 Å². The fourth-order valence-corrected chi connectivity index (χ4v) is 3.73. The van der Waals surface area contributed by atoms with Crippen LogP contribution in [0.25, 0.3) is 11.0 Å². The molecule has 1 heterocycles. The predicted octanol–water partition coefficient (Wildman–Crippen LogP) is 5.56. The molecule has 4 nitrogen and oxygen atoms in total. The average Bonchev–Trinajstić information content (AvgIpc) is 2.98. The van der Waals surface area contributed by atoms with Crippen LogP contribution >= 0.6 is 21.2 Å². The number of imidazole rings is 1. The van der Waals surface area contributed by atoms with Gasteiger partial charge in [-0.2, -0.15) is 8.78 Å². The van der Waals surface area contributed by atoms with Gasteiger partial charge in [0.2, 0.25) is 0 Å². The maximum Gasteiger partial charge on any atom is 0.283 e. The minimum absolute atomic E-state index is 0.0304. The Kier molecular flexibility index (Phi) is 6.58. The van der Waals surface area contributed by atoms with Crippen molar-refractivity contribution in [3.63, 3.8) is 0 Å². The van der Waals surface area contributed by atoms with Gasteiger partial charge in [0.15, 0.2) is 0 Å². The Morgan fingerprint density at radius 2 is 1.93 bits per heavy atom. The van der Waals surface area contributed by atoms with Gasteiger partial charge in [0.05, 0.1) is 23.7 Å². The highest BCUT2D eigenvalue weighted by atomic mass is 32.2. The number of aryl methyl sites for hydroxylation is 1. The van der Waals surface area contributed by atoms with E-state index >= 15 is 0 Å². The first-order valence-corrected chi connectivity index (χ1v) is 10.5. The minimum Gasteiger partial charge on any atom is -0.491 e. The summed E-state index contributed by atoms with van der Waals surface area (Å²) in [4.78, 5) is 5.66. The molecule has 1 N–H and O–H groups in total. The zero-order valence-corrected chi connectivity index (χ0v) is 18.0. The lowest BCUT2D eigenvalue weighted by molar-refractivity contribution is 0.104. The molecule has 0 spiro atoms. The van der Waals surface area contributed by atoms with E-state index in [4.69, 9.17) is 4.74 Å². The van der Waals surface area contributed by atoms with Crippen molar-refractivity contribution >= 4 is 32.2 Å². The summed E-state index contributed by atoms with van der Waals surface area (Å²) in [6, 6.07) is 12.5. The van der Waals surface area contributed by atoms with E-state index in [-0.39, 0.29) is 11.7 Å². The van der Waals surface area contributed by atoms with E-state index in [9.17, 15) is 8.78 Å². The summed E-state index contributed by atoms with van der Waals surface area (Å²) in [6.07, 6.45) is 0.144. The maximum atomic E-state index is 13.6. The molecule has 0 fully saturated rings. The lowest BCUT2D eigenvalue weighted by Crippen LogP contribution is -2.10. The number of hydrogen-bond donors (Lipinski definition) is 1. The van der Waals surface area contributed by atoms with Crippen molar-refractivity contribution in [3.8, 4) is 5.75 Å². The predicted molar refractivity (Wildman–Crippen MR) is 114 cm³/mol. The molecule has 0 aliphatic carbocycles. The second kappa shape index (κ2) is 8.76. The number of fused-ring (bicyclic) bond motifs is 1. The number of halogens is 2. The summed E-state index contributed by atoms with van der Waals surface area (Å²) in [5.74, 6) is 1.66. The number of benzene rings is 2. The molecule has 0 saturated carbocycles. The molecule has 2 aromatic carbocycles. The highest BCUT2D eigenvalue weighted by molar-refractivity contribution is 7.97. The minimum atomic E-state index is -2.95. The van der Waals surface area contributed by atoms with Gasteiger partial charge >= 0.3 is 0 Å². The summed E-state index contributed by atoms with van der Waals surface area (Å²) in [6.45, 7) is 7.15. The molecule has 1 aromatic heterocycles. The third-order valence-corrected chi connectivity index (χ3v) is 5.27. The smallest absolute Gasteiger partial charge is 0.283 e. The van der Waals surface area contributed by atoms with E-state index in [0.29, 0.717) is 13.1 Å². The molecule has 8 heteroatoms. The third kappa shape index (κ3) is 5.02. The molecule has 1 unspecified atom stereocenters. The molecule has 28 heavy (non-hydrogen) atoms. The Bertz CT molecular complexity index is 939. The number of hydrogen-bond acceptors (Lipinski definition) is 4. The molecule has 0 saturated heterocycles. The van der Waals surface area contributed by atoms with Gasteiger partial charge in [-0.3, -0.25) is 4.72 Å². The monoisotopic (exact) mass is 423 g/mol. The van der Waals surface area contributed by atoms with Crippen LogP contribution in [-0.4, -0.2) is 15.7 Å². The quantitative estimate of drug-likeness (QED) is 0.380. The van der Waals surface area contributed by atoms with Crippen LogP contribution in [0.15, 0.2) is 47.4 Å². The molecular formula is C20H24F2N3OPS. The Morgan fingerprint density at radius 3 is 2.54 bits per heavy atom. The number of aromatic nitrogens is 2. The zero-order valence-electron chi connectivity index (χ0n) is 16.1. The lowest BCUT2D eigenvalue weighted by Gasteiger charge is -2.11. The molecule has 1 atom stereocenters. The highest BCUT2D eigenvalue weighted by Crippen LogP contribution is 2.36. The van der Waals surface area contributed by atoms with Crippen molar-refractivity contribution in [1.82, 2.24) is 14.3 Å². The lowest BCUT2D eigenvalue weighted by atomic mass is 10.2. The normalized spacial score (nSPS) is 12.1. The topological polar surface area (TPSA) is 39.1 Å². The van der Waals surface area contributed by atoms with E-state index in [0.717, 1.165) is 27.5 Å². The summed E-state index contributed by atoms with van der Waals surface area (Å²) >= 11 is 1.50. The summed E-state index contributed by atoms with van der Waals surface area (Å²) in [7, 11) is 1.59. The average molecular weight is 423 g/mol. The van der Waals surface area contributed by atoms with Crippen molar-refractivity contribution < 1.29 is 13.5 Å². The fraction of sp³-hybridized carbons (Fsp3) is 0.350. The standard InChI is InChI=1S/C20H24F2N3OPS/c1-4-25-18-11-14(20(21,22)27)5-10-17(18)24-19(25)12-23-28-16-8-6-15(7-9-16)26-13(2)3/h5-11,13,23H,4,12,27H2,1-3H3. The number of alkyl halides is 2. The zero-order chi connectivity index (χ0) is 20.3. The number of ether oxygens (including phenoxy) is 1. The first-order valence-electron chi connectivity index (χ1n) is 9.10. The molecule has 0 radical (unpaired) electrons. The van der Waals surface area contributed by atoms with Crippen LogP contribution in [0.3, 0.4) is 0 Å². The Morgan fingerprint density at radius 1 is 1.21 bits per heavy atom. The summed E-state index contributed by atoms with van der Waals surface area (Å²) < 4.78 is 38.1. The van der Waals surface area contributed by atoms with Gasteiger partial charge in [-0.25, -0.2) is 4.98 Å². The second-order valence-corrected chi connectivity index (χ2v) is 8.35. The Labute approximate surface area is 170 Å². The molecule has 150 valence electrons. The molecular weight excluding hydrogens is 399 g/mol. The van der Waals surface area contributed by atoms with Gasteiger partial charge in [0.25, 0.3) is 5.66 Å². The Hall–Kier alpha value is -1.69. The molecule has 0 aliphatic heterocycles. The number of nitrogens with one attached hydrogen (secondary N) is 1. The number of nitrogens with zero attached hydrogens (tertiary/aromatic N) is 2. The van der Waals surface area contributed by atoms with Crippen LogP contribution in [0.4, 0.5) is 8.78 Å². The van der Waals surface area contributed by atoms with E-state index in [1.165, 1.54) is 24.1 Å². The van der Waals surface area contributed by atoms with Crippen LogP contribution in [0.2, 0.25) is 0 Å². The number of rotatable bonds is 8. The molecule has 0 aliphatic rings. The van der Waals surface area contributed by atoms with Gasteiger partial charge in [-0.15, -0.1) is 0 Å². The van der Waals surface area contributed by atoms with Crippen LogP contribution in [-0.2, 0) is 18.8 Å². The highest BCUT2D eigenvalue weighted by Gasteiger charge is 2.25. The second-order valence-electron chi connectivity index (χ2n) is 6.66. The van der Waals surface area contributed by atoms with Crippen LogP contribution in [0.5, 0.6) is 5.75 Å². The third-order valence-electron chi connectivity index (χ3n) is 4.14. The molecule has 3 rings (SSSR count). The van der Waals surface area contributed by atoms with E-state index in [1.807, 2.05) is 49.6 Å². The van der Waals surface area contributed by atoms with E-state index in [2.05, 4.69) is 9.71 Å². The molecule has 0 bridgehead atoms. The van der Waals surface area contributed by atoms with E-state index in [1.54, 1.807) is 15.3 Å². The van der Waals surface area contributed by atoms with Gasteiger partial charge in [0.1, 0.15) is 11.6 Å². The largest absolute Gasteiger partial charge is 0.491 e.